The number of halogens is 2. The summed E-state index contributed by atoms with van der Waals surface area (Å²) < 4.78 is 5.66. The molecule has 1 aromatic rings. The number of aryl methyl sites for hydroxylation is 1. The van der Waals surface area contributed by atoms with Crippen molar-refractivity contribution in [2.45, 2.75) is 31.9 Å². The molecule has 120 valence electrons. The van der Waals surface area contributed by atoms with Crippen molar-refractivity contribution in [3.05, 3.63) is 11.6 Å². The number of hydrogen-bond donors (Lipinski definition) is 2. The van der Waals surface area contributed by atoms with Crippen LogP contribution >= 0.6 is 24.8 Å². The van der Waals surface area contributed by atoms with E-state index in [9.17, 15) is 4.79 Å². The first kappa shape index (κ1) is 18.2. The molecule has 2 fully saturated rings. The molecular formula is C12H21Cl2N5O2. The lowest BCUT2D eigenvalue weighted by molar-refractivity contribution is -0.141. The highest BCUT2D eigenvalue weighted by atomic mass is 35.5. The number of aromatic amines is 1. The van der Waals surface area contributed by atoms with E-state index in [4.69, 9.17) is 4.74 Å². The summed E-state index contributed by atoms with van der Waals surface area (Å²) in [6.07, 6.45) is 1.79. The molecule has 2 atom stereocenters. The summed E-state index contributed by atoms with van der Waals surface area (Å²) in [5.74, 6) is 1.58. The van der Waals surface area contributed by atoms with Gasteiger partial charge in [-0.3, -0.25) is 9.89 Å². The number of nitrogens with zero attached hydrogens (tertiary/aromatic N) is 3. The fourth-order valence-corrected chi connectivity index (χ4v) is 2.63. The smallest absolute Gasteiger partial charge is 0.239 e. The van der Waals surface area contributed by atoms with Crippen LogP contribution in [0.2, 0.25) is 0 Å². The molecule has 2 aliphatic heterocycles. The molecular weight excluding hydrogens is 317 g/mol. The number of H-pyrrole nitrogens is 1. The molecule has 0 spiro atoms. The number of ether oxygens (including phenoxy) is 1. The van der Waals surface area contributed by atoms with Crippen LogP contribution in [0, 0.1) is 6.92 Å². The van der Waals surface area contributed by atoms with E-state index in [-0.39, 0.29) is 42.9 Å². The number of amides is 1. The molecule has 21 heavy (non-hydrogen) atoms. The van der Waals surface area contributed by atoms with E-state index in [2.05, 4.69) is 20.5 Å². The summed E-state index contributed by atoms with van der Waals surface area (Å²) in [5.41, 5.74) is 0. The van der Waals surface area contributed by atoms with Gasteiger partial charge < -0.3 is 15.0 Å². The van der Waals surface area contributed by atoms with Crippen LogP contribution in [0.25, 0.3) is 0 Å². The third-order valence-electron chi connectivity index (χ3n) is 3.64. The second-order valence-corrected chi connectivity index (χ2v) is 5.07. The highest BCUT2D eigenvalue weighted by molar-refractivity contribution is 5.85. The van der Waals surface area contributed by atoms with Gasteiger partial charge in [-0.05, 0) is 26.3 Å². The van der Waals surface area contributed by atoms with Gasteiger partial charge in [0.05, 0.1) is 19.2 Å². The summed E-state index contributed by atoms with van der Waals surface area (Å²) in [4.78, 5) is 18.5. The maximum atomic E-state index is 12.3. The number of carbonyl (C=O) groups is 1. The topological polar surface area (TPSA) is 83.1 Å². The predicted octanol–water partition coefficient (Wildman–Crippen LogP) is 0.609. The van der Waals surface area contributed by atoms with Crippen LogP contribution in [0.5, 0.6) is 0 Å². The van der Waals surface area contributed by atoms with E-state index >= 15 is 0 Å². The van der Waals surface area contributed by atoms with Crippen LogP contribution in [-0.2, 0) is 9.53 Å². The third-order valence-corrected chi connectivity index (χ3v) is 3.64. The number of morpholine rings is 1. The van der Waals surface area contributed by atoms with Gasteiger partial charge >= 0.3 is 0 Å². The zero-order valence-corrected chi connectivity index (χ0v) is 13.5. The van der Waals surface area contributed by atoms with E-state index in [0.717, 1.165) is 25.2 Å². The Bertz CT molecular complexity index is 464. The summed E-state index contributed by atoms with van der Waals surface area (Å²) in [6, 6.07) is -0.0207. The van der Waals surface area contributed by atoms with E-state index in [0.29, 0.717) is 25.5 Å². The number of hydrogen-bond acceptors (Lipinski definition) is 5. The van der Waals surface area contributed by atoms with E-state index < -0.39 is 0 Å². The van der Waals surface area contributed by atoms with Gasteiger partial charge in [-0.2, -0.15) is 5.10 Å². The second kappa shape index (κ2) is 7.93. The Kier molecular flexibility index (Phi) is 6.86. The first-order chi connectivity index (χ1) is 9.24. The van der Waals surface area contributed by atoms with Crippen LogP contribution in [-0.4, -0.2) is 58.3 Å². The molecule has 0 aliphatic carbocycles. The van der Waals surface area contributed by atoms with Crippen molar-refractivity contribution >= 4 is 30.7 Å². The molecule has 0 saturated carbocycles. The van der Waals surface area contributed by atoms with E-state index in [1.807, 2.05) is 11.8 Å². The average molecular weight is 338 g/mol. The van der Waals surface area contributed by atoms with Crippen molar-refractivity contribution < 1.29 is 9.53 Å². The van der Waals surface area contributed by atoms with Gasteiger partial charge in [-0.15, -0.1) is 24.8 Å². The van der Waals surface area contributed by atoms with Gasteiger partial charge in [0.1, 0.15) is 11.9 Å². The Morgan fingerprint density at radius 2 is 2.24 bits per heavy atom. The normalized spacial score (nSPS) is 25.1. The Balaban J connectivity index is 0.00000110. The molecule has 2 saturated heterocycles. The molecule has 0 aromatic carbocycles. The molecule has 1 amide bonds. The zero-order chi connectivity index (χ0) is 13.2. The molecule has 1 aromatic heterocycles. The molecule has 2 unspecified atom stereocenters. The Labute approximate surface area is 136 Å². The lowest BCUT2D eigenvalue weighted by Gasteiger charge is -2.33. The quantitative estimate of drug-likeness (QED) is 0.826. The fourth-order valence-electron chi connectivity index (χ4n) is 2.63. The number of nitrogens with one attached hydrogen (secondary N) is 2. The highest BCUT2D eigenvalue weighted by Crippen LogP contribution is 2.20. The molecule has 0 radical (unpaired) electrons. The second-order valence-electron chi connectivity index (χ2n) is 5.07. The third kappa shape index (κ3) is 4.06. The van der Waals surface area contributed by atoms with Crippen LogP contribution in [0.3, 0.4) is 0 Å². The van der Waals surface area contributed by atoms with Crippen LogP contribution < -0.4 is 5.32 Å². The Morgan fingerprint density at radius 1 is 1.43 bits per heavy atom. The lowest BCUT2D eigenvalue weighted by atomic mass is 10.1. The Morgan fingerprint density at radius 3 is 2.86 bits per heavy atom. The van der Waals surface area contributed by atoms with Crippen molar-refractivity contribution in [2.75, 3.05) is 26.2 Å². The summed E-state index contributed by atoms with van der Waals surface area (Å²) >= 11 is 0. The molecule has 2 N–H and O–H groups in total. The number of aromatic nitrogens is 3. The summed E-state index contributed by atoms with van der Waals surface area (Å²) in [7, 11) is 0. The van der Waals surface area contributed by atoms with Gasteiger partial charge in [0.2, 0.25) is 5.91 Å². The Hall–Kier alpha value is -0.890. The van der Waals surface area contributed by atoms with Gasteiger partial charge in [0, 0.05) is 6.54 Å². The molecule has 2 aliphatic rings. The summed E-state index contributed by atoms with van der Waals surface area (Å²) in [5, 5.41) is 10.2. The van der Waals surface area contributed by atoms with Gasteiger partial charge in [-0.1, -0.05) is 0 Å². The minimum Gasteiger partial charge on any atom is -0.366 e. The van der Waals surface area contributed by atoms with Gasteiger partial charge in [-0.25, -0.2) is 4.98 Å². The van der Waals surface area contributed by atoms with Gasteiger partial charge in [0.15, 0.2) is 5.82 Å². The van der Waals surface area contributed by atoms with Crippen molar-refractivity contribution in [2.24, 2.45) is 0 Å². The average Bonchev–Trinajstić information content (AvgIpc) is 3.09. The molecule has 9 heteroatoms. The number of carbonyl (C=O) groups excluding carboxylic acids is 1. The minimum atomic E-state index is -0.218. The van der Waals surface area contributed by atoms with Crippen LogP contribution in [0.15, 0.2) is 0 Å². The van der Waals surface area contributed by atoms with Crippen LogP contribution in [0.4, 0.5) is 0 Å². The lowest BCUT2D eigenvalue weighted by Crippen LogP contribution is -2.49. The predicted molar refractivity (Wildman–Crippen MR) is 81.9 cm³/mol. The van der Waals surface area contributed by atoms with Crippen molar-refractivity contribution in [1.82, 2.24) is 25.4 Å². The molecule has 7 nitrogen and oxygen atoms in total. The molecule has 3 heterocycles. The molecule has 0 bridgehead atoms. The number of rotatable bonds is 2. The van der Waals surface area contributed by atoms with E-state index in [1.165, 1.54) is 0 Å². The molecule has 3 rings (SSSR count). The first-order valence-electron chi connectivity index (χ1n) is 6.77. The minimum absolute atomic E-state index is 0. The highest BCUT2D eigenvalue weighted by Gasteiger charge is 2.32. The van der Waals surface area contributed by atoms with Crippen molar-refractivity contribution in [3.8, 4) is 0 Å². The zero-order valence-electron chi connectivity index (χ0n) is 11.9. The maximum absolute atomic E-state index is 12.3. The van der Waals surface area contributed by atoms with E-state index in [1.54, 1.807) is 0 Å². The van der Waals surface area contributed by atoms with Crippen molar-refractivity contribution in [3.63, 3.8) is 0 Å². The van der Waals surface area contributed by atoms with Gasteiger partial charge in [0.25, 0.3) is 0 Å². The standard InChI is InChI=1S/C12H19N5O2.2ClH/c1-8-14-11(16-15-8)10-7-17(5-6-19-10)12(18)9-3-2-4-13-9;;/h9-10,13H,2-7H2,1H3,(H,14,15,16);2*1H. The monoisotopic (exact) mass is 337 g/mol. The SMILES string of the molecule is Cc1nc(C2CN(C(=O)C3CCCN3)CCO2)n[nH]1.Cl.Cl. The van der Waals surface area contributed by atoms with Crippen LogP contribution in [0.1, 0.15) is 30.6 Å². The first-order valence-corrected chi connectivity index (χ1v) is 6.77. The fraction of sp³-hybridized carbons (Fsp3) is 0.750. The summed E-state index contributed by atoms with van der Waals surface area (Å²) in [6.45, 7) is 4.51. The maximum Gasteiger partial charge on any atom is 0.239 e. The van der Waals surface area contributed by atoms with Crippen molar-refractivity contribution in [1.29, 1.82) is 0 Å². The largest absolute Gasteiger partial charge is 0.366 e.